The van der Waals surface area contributed by atoms with Gasteiger partial charge in [0.1, 0.15) is 5.69 Å². The van der Waals surface area contributed by atoms with Crippen molar-refractivity contribution in [2.75, 3.05) is 20.8 Å². The summed E-state index contributed by atoms with van der Waals surface area (Å²) in [5, 5.41) is 12.1. The molecular formula is C14H20N4O. The predicted molar refractivity (Wildman–Crippen MR) is 74.3 cm³/mol. The monoisotopic (exact) mass is 260 g/mol. The normalized spacial score (nSPS) is 12.5. The number of rotatable bonds is 7. The molecule has 1 unspecified atom stereocenters. The van der Waals surface area contributed by atoms with Gasteiger partial charge in [-0.25, -0.2) is 0 Å². The lowest BCUT2D eigenvalue weighted by atomic mass is 10.1. The molecule has 0 amide bonds. The maximum atomic E-state index is 5.08. The summed E-state index contributed by atoms with van der Waals surface area (Å²) >= 11 is 0. The van der Waals surface area contributed by atoms with Crippen LogP contribution in [0.3, 0.4) is 0 Å². The first-order chi connectivity index (χ1) is 9.35. The van der Waals surface area contributed by atoms with Crippen LogP contribution >= 0.6 is 0 Å². The van der Waals surface area contributed by atoms with E-state index in [0.29, 0.717) is 0 Å². The topological polar surface area (TPSA) is 52.0 Å². The molecule has 0 aliphatic heterocycles. The molecule has 1 aromatic carbocycles. The average Bonchev–Trinajstić information content (AvgIpc) is 2.94. The third-order valence-electron chi connectivity index (χ3n) is 3.04. The van der Waals surface area contributed by atoms with E-state index in [1.165, 1.54) is 0 Å². The number of para-hydroxylation sites is 1. The molecule has 0 aliphatic rings. The zero-order valence-corrected chi connectivity index (χ0v) is 11.4. The van der Waals surface area contributed by atoms with Crippen LogP contribution in [0.1, 0.15) is 24.6 Å². The van der Waals surface area contributed by atoms with Crippen molar-refractivity contribution >= 4 is 0 Å². The molecule has 0 aliphatic carbocycles. The fraction of sp³-hybridized carbons (Fsp3) is 0.429. The Labute approximate surface area is 113 Å². The molecule has 0 bridgehead atoms. The van der Waals surface area contributed by atoms with Gasteiger partial charge in [-0.3, -0.25) is 0 Å². The predicted octanol–water partition coefficient (Wildman–Crippen LogP) is 1.95. The number of ether oxygens (including phenoxy) is 1. The van der Waals surface area contributed by atoms with Gasteiger partial charge in [0.05, 0.1) is 17.9 Å². The van der Waals surface area contributed by atoms with Crippen LogP contribution in [-0.2, 0) is 4.74 Å². The number of hydrogen-bond donors (Lipinski definition) is 1. The van der Waals surface area contributed by atoms with E-state index in [4.69, 9.17) is 4.74 Å². The quantitative estimate of drug-likeness (QED) is 0.773. The Morgan fingerprint density at radius 3 is 2.79 bits per heavy atom. The Kier molecular flexibility index (Phi) is 5.06. The van der Waals surface area contributed by atoms with Crippen molar-refractivity contribution in [3.63, 3.8) is 0 Å². The first kappa shape index (κ1) is 13.7. The minimum absolute atomic E-state index is 0.215. The largest absolute Gasteiger partial charge is 0.385 e. The smallest absolute Gasteiger partial charge is 0.100 e. The van der Waals surface area contributed by atoms with Gasteiger partial charge in [-0.2, -0.15) is 15.0 Å². The van der Waals surface area contributed by atoms with Crippen molar-refractivity contribution < 1.29 is 4.74 Å². The van der Waals surface area contributed by atoms with E-state index in [9.17, 15) is 0 Å². The van der Waals surface area contributed by atoms with Crippen molar-refractivity contribution in [2.24, 2.45) is 0 Å². The minimum Gasteiger partial charge on any atom is -0.385 e. The van der Waals surface area contributed by atoms with E-state index in [1.54, 1.807) is 11.9 Å². The zero-order valence-electron chi connectivity index (χ0n) is 11.4. The van der Waals surface area contributed by atoms with Gasteiger partial charge in [0.15, 0.2) is 0 Å². The van der Waals surface area contributed by atoms with E-state index < -0.39 is 0 Å². The standard InChI is InChI=1S/C14H20N4O/c1-15-13(9-6-10-19-2)14-11-16-18(17-14)12-7-4-3-5-8-12/h3-5,7-8,11,13,15H,6,9-10H2,1-2H3. The molecule has 0 saturated heterocycles. The van der Waals surface area contributed by atoms with Crippen LogP contribution in [0.5, 0.6) is 0 Å². The first-order valence-corrected chi connectivity index (χ1v) is 6.49. The number of nitrogens with one attached hydrogen (secondary N) is 1. The SMILES string of the molecule is CNC(CCCOC)c1cnn(-c2ccccc2)n1. The number of nitrogens with zero attached hydrogens (tertiary/aromatic N) is 3. The summed E-state index contributed by atoms with van der Waals surface area (Å²) in [7, 11) is 3.67. The Hall–Kier alpha value is -1.72. The second-order valence-corrected chi connectivity index (χ2v) is 4.37. The minimum atomic E-state index is 0.215. The number of benzene rings is 1. The molecule has 2 aromatic rings. The van der Waals surface area contributed by atoms with Gasteiger partial charge in [0, 0.05) is 13.7 Å². The van der Waals surface area contributed by atoms with Crippen molar-refractivity contribution in [1.82, 2.24) is 20.3 Å². The third-order valence-corrected chi connectivity index (χ3v) is 3.04. The van der Waals surface area contributed by atoms with E-state index in [2.05, 4.69) is 15.5 Å². The van der Waals surface area contributed by atoms with E-state index in [0.717, 1.165) is 30.8 Å². The van der Waals surface area contributed by atoms with Gasteiger partial charge in [0.2, 0.25) is 0 Å². The highest BCUT2D eigenvalue weighted by Crippen LogP contribution is 2.16. The van der Waals surface area contributed by atoms with Crippen molar-refractivity contribution in [1.29, 1.82) is 0 Å². The van der Waals surface area contributed by atoms with Crippen LogP contribution in [0, 0.1) is 0 Å². The molecule has 0 spiro atoms. The van der Waals surface area contributed by atoms with Crippen molar-refractivity contribution in [3.05, 3.63) is 42.2 Å². The van der Waals surface area contributed by atoms with E-state index in [-0.39, 0.29) is 6.04 Å². The van der Waals surface area contributed by atoms with Gasteiger partial charge < -0.3 is 10.1 Å². The highest BCUT2D eigenvalue weighted by atomic mass is 16.5. The number of hydrogen-bond acceptors (Lipinski definition) is 4. The van der Waals surface area contributed by atoms with Crippen LogP contribution in [0.2, 0.25) is 0 Å². The van der Waals surface area contributed by atoms with Crippen LogP contribution in [0.25, 0.3) is 5.69 Å². The summed E-state index contributed by atoms with van der Waals surface area (Å²) in [4.78, 5) is 1.66. The van der Waals surface area contributed by atoms with Crippen molar-refractivity contribution in [3.8, 4) is 5.69 Å². The Balaban J connectivity index is 2.06. The maximum Gasteiger partial charge on any atom is 0.100 e. The lowest BCUT2D eigenvalue weighted by molar-refractivity contribution is 0.189. The summed E-state index contributed by atoms with van der Waals surface area (Å²) in [6.45, 7) is 0.769. The summed E-state index contributed by atoms with van der Waals surface area (Å²) < 4.78 is 5.08. The van der Waals surface area contributed by atoms with Gasteiger partial charge in [-0.05, 0) is 32.0 Å². The zero-order chi connectivity index (χ0) is 13.5. The van der Waals surface area contributed by atoms with Crippen LogP contribution < -0.4 is 5.32 Å². The average molecular weight is 260 g/mol. The second-order valence-electron chi connectivity index (χ2n) is 4.37. The van der Waals surface area contributed by atoms with Gasteiger partial charge >= 0.3 is 0 Å². The summed E-state index contributed by atoms with van der Waals surface area (Å²) in [6, 6.07) is 10.1. The third kappa shape index (κ3) is 3.62. The molecule has 5 nitrogen and oxygen atoms in total. The molecule has 5 heteroatoms. The molecule has 102 valence electrons. The van der Waals surface area contributed by atoms with E-state index in [1.807, 2.05) is 43.6 Å². The van der Waals surface area contributed by atoms with Crippen molar-refractivity contribution in [2.45, 2.75) is 18.9 Å². The molecule has 0 fully saturated rings. The highest BCUT2D eigenvalue weighted by molar-refractivity contribution is 5.28. The lowest BCUT2D eigenvalue weighted by Crippen LogP contribution is -2.17. The van der Waals surface area contributed by atoms with Gasteiger partial charge in [-0.15, -0.1) is 0 Å². The molecule has 1 N–H and O–H groups in total. The molecule has 2 rings (SSSR count). The Bertz CT molecular complexity index is 483. The summed E-state index contributed by atoms with van der Waals surface area (Å²) in [5.41, 5.74) is 1.93. The van der Waals surface area contributed by atoms with Crippen LogP contribution in [0.15, 0.2) is 36.5 Å². The molecule has 1 aromatic heterocycles. The first-order valence-electron chi connectivity index (χ1n) is 6.49. The fourth-order valence-electron chi connectivity index (χ4n) is 1.99. The molecule has 1 heterocycles. The van der Waals surface area contributed by atoms with Gasteiger partial charge in [0.25, 0.3) is 0 Å². The molecule has 19 heavy (non-hydrogen) atoms. The Morgan fingerprint density at radius 1 is 1.32 bits per heavy atom. The molecule has 0 radical (unpaired) electrons. The number of methoxy groups -OCH3 is 1. The summed E-state index contributed by atoms with van der Waals surface area (Å²) in [5.74, 6) is 0. The summed E-state index contributed by atoms with van der Waals surface area (Å²) in [6.07, 6.45) is 3.80. The highest BCUT2D eigenvalue weighted by Gasteiger charge is 2.13. The molecular weight excluding hydrogens is 240 g/mol. The van der Waals surface area contributed by atoms with Crippen LogP contribution in [0.4, 0.5) is 0 Å². The van der Waals surface area contributed by atoms with Gasteiger partial charge in [-0.1, -0.05) is 18.2 Å². The fourth-order valence-corrected chi connectivity index (χ4v) is 1.99. The Morgan fingerprint density at radius 2 is 2.11 bits per heavy atom. The number of aromatic nitrogens is 3. The lowest BCUT2D eigenvalue weighted by Gasteiger charge is -2.12. The maximum absolute atomic E-state index is 5.08. The molecule has 1 atom stereocenters. The van der Waals surface area contributed by atoms with Crippen LogP contribution in [-0.4, -0.2) is 35.8 Å². The molecule has 0 saturated carbocycles. The van der Waals surface area contributed by atoms with E-state index >= 15 is 0 Å². The second kappa shape index (κ2) is 7.01.